The van der Waals surface area contributed by atoms with Crippen molar-refractivity contribution in [2.24, 2.45) is 0 Å². The number of fused-ring (bicyclic) bond motifs is 1. The van der Waals surface area contributed by atoms with Crippen molar-refractivity contribution in [3.63, 3.8) is 0 Å². The number of nitrogen functional groups attached to an aromatic ring is 1. The molecule has 106 valence electrons. The molecule has 3 rings (SSSR count). The molecule has 0 unspecified atom stereocenters. The van der Waals surface area contributed by atoms with E-state index in [9.17, 15) is 9.59 Å². The molecular formula is C11H13N5O3S. The second kappa shape index (κ2) is 4.82. The fraction of sp³-hybridized carbons (Fsp3) is 0.455. The quantitative estimate of drug-likeness (QED) is 0.704. The first kappa shape index (κ1) is 13.0. The topological polar surface area (TPSA) is 113 Å². The third kappa shape index (κ3) is 2.13. The van der Waals surface area contributed by atoms with E-state index in [4.69, 9.17) is 10.8 Å². The fourth-order valence-corrected chi connectivity index (χ4v) is 3.26. The number of amides is 1. The lowest BCUT2D eigenvalue weighted by Gasteiger charge is -2.34. The minimum atomic E-state index is -0.927. The molecule has 0 bridgehead atoms. The molecule has 20 heavy (non-hydrogen) atoms. The van der Waals surface area contributed by atoms with Gasteiger partial charge in [-0.2, -0.15) is 4.98 Å². The number of nitrogens with two attached hydrogens (primary N) is 1. The van der Waals surface area contributed by atoms with Gasteiger partial charge >= 0.3 is 6.09 Å². The smallest absolute Gasteiger partial charge is 0.407 e. The van der Waals surface area contributed by atoms with E-state index in [1.807, 2.05) is 4.90 Å². The Morgan fingerprint density at radius 3 is 2.60 bits per heavy atom. The molecule has 2 aliphatic heterocycles. The van der Waals surface area contributed by atoms with Crippen LogP contribution >= 0.6 is 11.8 Å². The summed E-state index contributed by atoms with van der Waals surface area (Å²) in [5, 5.41) is 9.56. The number of nitrogens with zero attached hydrogens (tertiary/aromatic N) is 4. The molecule has 1 aromatic rings. The fourth-order valence-electron chi connectivity index (χ4n) is 2.34. The van der Waals surface area contributed by atoms with Crippen LogP contribution in [0.4, 0.5) is 16.6 Å². The summed E-state index contributed by atoms with van der Waals surface area (Å²) in [7, 11) is 0. The number of carboxylic acid groups (broad SMARTS) is 1. The number of thioether (sulfide) groups is 1. The van der Waals surface area contributed by atoms with E-state index in [2.05, 4.69) is 9.97 Å². The molecule has 0 spiro atoms. The minimum absolute atomic E-state index is 0.000615. The molecule has 1 amide bonds. The van der Waals surface area contributed by atoms with Crippen molar-refractivity contribution in [1.29, 1.82) is 0 Å². The molecule has 2 aliphatic rings. The van der Waals surface area contributed by atoms with Gasteiger partial charge in [0.1, 0.15) is 10.8 Å². The number of Topliss-reactive ketones (excluding diaryl/α,β-unsaturated/α-hetero) is 1. The number of carbonyl (C=O) groups excluding carboxylic acids is 1. The number of piperazine rings is 1. The zero-order chi connectivity index (χ0) is 14.3. The van der Waals surface area contributed by atoms with Crippen molar-refractivity contribution < 1.29 is 14.7 Å². The number of hydrogen-bond donors (Lipinski definition) is 2. The van der Waals surface area contributed by atoms with Gasteiger partial charge < -0.3 is 20.6 Å². The Bertz CT molecular complexity index is 586. The van der Waals surface area contributed by atoms with Crippen molar-refractivity contribution >= 4 is 35.4 Å². The third-order valence-electron chi connectivity index (χ3n) is 3.34. The SMILES string of the molecule is Nc1nc2c(c(N3CCN(C(=O)O)CC3)n1)C(=O)CS2. The predicted octanol–water partition coefficient (Wildman–Crippen LogP) is 0.147. The number of anilines is 2. The Labute approximate surface area is 119 Å². The average molecular weight is 295 g/mol. The summed E-state index contributed by atoms with van der Waals surface area (Å²) in [5.74, 6) is 1.03. The van der Waals surface area contributed by atoms with Gasteiger partial charge in [0, 0.05) is 26.2 Å². The van der Waals surface area contributed by atoms with Gasteiger partial charge in [0.25, 0.3) is 0 Å². The van der Waals surface area contributed by atoms with Crippen molar-refractivity contribution in [2.45, 2.75) is 5.03 Å². The lowest BCUT2D eigenvalue weighted by atomic mass is 10.2. The van der Waals surface area contributed by atoms with Crippen LogP contribution in [0.15, 0.2) is 5.03 Å². The number of hydrogen-bond acceptors (Lipinski definition) is 7. The number of rotatable bonds is 1. The van der Waals surface area contributed by atoms with Gasteiger partial charge in [-0.15, -0.1) is 0 Å². The van der Waals surface area contributed by atoms with Crippen LogP contribution in [-0.2, 0) is 0 Å². The number of ketones is 1. The van der Waals surface area contributed by atoms with Crippen LogP contribution in [-0.4, -0.2) is 63.8 Å². The zero-order valence-electron chi connectivity index (χ0n) is 10.6. The maximum Gasteiger partial charge on any atom is 0.407 e. The number of carbonyl (C=O) groups is 2. The van der Waals surface area contributed by atoms with E-state index < -0.39 is 6.09 Å². The zero-order valence-corrected chi connectivity index (χ0v) is 11.4. The Morgan fingerprint density at radius 2 is 1.95 bits per heavy atom. The van der Waals surface area contributed by atoms with Crippen LogP contribution in [0.3, 0.4) is 0 Å². The van der Waals surface area contributed by atoms with Crippen LogP contribution in [0.2, 0.25) is 0 Å². The van der Waals surface area contributed by atoms with Gasteiger partial charge in [-0.25, -0.2) is 9.78 Å². The normalized spacial score (nSPS) is 18.3. The minimum Gasteiger partial charge on any atom is -0.465 e. The van der Waals surface area contributed by atoms with E-state index in [0.717, 1.165) is 0 Å². The van der Waals surface area contributed by atoms with E-state index in [1.54, 1.807) is 0 Å². The highest BCUT2D eigenvalue weighted by atomic mass is 32.2. The Balaban J connectivity index is 1.89. The molecule has 9 heteroatoms. The maximum atomic E-state index is 11.9. The average Bonchev–Trinajstić information content (AvgIpc) is 2.79. The van der Waals surface area contributed by atoms with Gasteiger partial charge in [-0.05, 0) is 0 Å². The Morgan fingerprint density at radius 1 is 1.25 bits per heavy atom. The van der Waals surface area contributed by atoms with E-state index in [0.29, 0.717) is 48.3 Å². The first-order valence-electron chi connectivity index (χ1n) is 6.12. The number of aromatic nitrogens is 2. The summed E-state index contributed by atoms with van der Waals surface area (Å²) < 4.78 is 0. The van der Waals surface area contributed by atoms with Crippen LogP contribution in [0.5, 0.6) is 0 Å². The molecule has 8 nitrogen and oxygen atoms in total. The summed E-state index contributed by atoms with van der Waals surface area (Å²) in [6.07, 6.45) is -0.927. The maximum absolute atomic E-state index is 11.9. The molecule has 1 aromatic heterocycles. The van der Waals surface area contributed by atoms with Crippen molar-refractivity contribution in [3.05, 3.63) is 5.56 Å². The highest BCUT2D eigenvalue weighted by Gasteiger charge is 2.31. The lowest BCUT2D eigenvalue weighted by Crippen LogP contribution is -2.49. The summed E-state index contributed by atoms with van der Waals surface area (Å²) in [5.41, 5.74) is 6.20. The highest BCUT2D eigenvalue weighted by molar-refractivity contribution is 8.00. The summed E-state index contributed by atoms with van der Waals surface area (Å²) in [4.78, 5) is 34.3. The second-order valence-electron chi connectivity index (χ2n) is 4.55. The van der Waals surface area contributed by atoms with Crippen LogP contribution in [0.1, 0.15) is 10.4 Å². The van der Waals surface area contributed by atoms with Gasteiger partial charge in [0.05, 0.1) is 11.3 Å². The van der Waals surface area contributed by atoms with Crippen LogP contribution in [0, 0.1) is 0 Å². The van der Waals surface area contributed by atoms with Crippen LogP contribution < -0.4 is 10.6 Å². The molecule has 0 radical (unpaired) electrons. The van der Waals surface area contributed by atoms with E-state index >= 15 is 0 Å². The highest BCUT2D eigenvalue weighted by Crippen LogP contribution is 2.35. The molecule has 3 N–H and O–H groups in total. The standard InChI is InChI=1S/C11H13N5O3S/c12-10-13-8(7-6(17)5-20-9(7)14-10)15-1-3-16(4-2-15)11(18)19/h1-5H2,(H,18,19)(H2,12,13,14). The lowest BCUT2D eigenvalue weighted by molar-refractivity contribution is 0.102. The van der Waals surface area contributed by atoms with Crippen molar-refractivity contribution in [1.82, 2.24) is 14.9 Å². The van der Waals surface area contributed by atoms with E-state index in [-0.39, 0.29) is 11.7 Å². The Kier molecular flexibility index (Phi) is 3.13. The summed E-state index contributed by atoms with van der Waals surface area (Å²) >= 11 is 1.36. The molecule has 1 saturated heterocycles. The molecule has 3 heterocycles. The molecule has 0 aromatic carbocycles. The summed E-state index contributed by atoms with van der Waals surface area (Å²) in [6.45, 7) is 1.75. The first-order valence-corrected chi connectivity index (χ1v) is 7.11. The van der Waals surface area contributed by atoms with Gasteiger partial charge in [-0.1, -0.05) is 11.8 Å². The van der Waals surface area contributed by atoms with Gasteiger partial charge in [0.2, 0.25) is 5.95 Å². The second-order valence-corrected chi connectivity index (χ2v) is 5.52. The van der Waals surface area contributed by atoms with Crippen LogP contribution in [0.25, 0.3) is 0 Å². The first-order chi connectivity index (χ1) is 9.56. The molecule has 0 saturated carbocycles. The Hall–Kier alpha value is -2.03. The third-order valence-corrected chi connectivity index (χ3v) is 4.32. The van der Waals surface area contributed by atoms with Gasteiger partial charge in [0.15, 0.2) is 5.78 Å². The van der Waals surface area contributed by atoms with E-state index in [1.165, 1.54) is 16.7 Å². The molecule has 1 fully saturated rings. The molecule has 0 atom stereocenters. The molecular weight excluding hydrogens is 282 g/mol. The predicted molar refractivity (Wildman–Crippen MR) is 73.3 cm³/mol. The largest absolute Gasteiger partial charge is 0.465 e. The van der Waals surface area contributed by atoms with Crippen molar-refractivity contribution in [2.75, 3.05) is 42.6 Å². The summed E-state index contributed by atoms with van der Waals surface area (Å²) in [6, 6.07) is 0. The van der Waals surface area contributed by atoms with Gasteiger partial charge in [-0.3, -0.25) is 4.79 Å². The van der Waals surface area contributed by atoms with Crippen molar-refractivity contribution in [3.8, 4) is 0 Å². The monoisotopic (exact) mass is 295 g/mol. The molecule has 0 aliphatic carbocycles.